The Morgan fingerprint density at radius 3 is 2.48 bits per heavy atom. The third-order valence-corrected chi connectivity index (χ3v) is 6.01. The number of nitrogen functional groups attached to an aromatic ring is 1. The van der Waals surface area contributed by atoms with Crippen molar-refractivity contribution < 1.29 is 4.79 Å². The molecule has 3 N–H and O–H groups in total. The molecule has 0 bridgehead atoms. The number of fused-ring (bicyclic) bond motifs is 1. The maximum Gasteiger partial charge on any atom is 0.265 e. The van der Waals surface area contributed by atoms with Crippen LogP contribution in [0.4, 0.5) is 11.4 Å². The average Bonchev–Trinajstić information content (AvgIpc) is 2.86. The topological polar surface area (TPSA) is 55.1 Å². The van der Waals surface area contributed by atoms with E-state index in [4.69, 9.17) is 5.73 Å². The molecule has 1 aliphatic rings. The third-order valence-electron chi connectivity index (χ3n) is 3.52. The van der Waals surface area contributed by atoms with E-state index in [0.29, 0.717) is 11.4 Å². The second kappa shape index (κ2) is 6.10. The number of halogens is 2. The molecule has 1 amide bonds. The predicted molar refractivity (Wildman–Crippen MR) is 95.2 cm³/mol. The van der Waals surface area contributed by atoms with Crippen LogP contribution in [0.25, 0.3) is 0 Å². The highest BCUT2D eigenvalue weighted by Crippen LogP contribution is 2.35. The van der Waals surface area contributed by atoms with Gasteiger partial charge in [0.05, 0.1) is 10.6 Å². The van der Waals surface area contributed by atoms with E-state index in [1.54, 1.807) is 23.5 Å². The summed E-state index contributed by atoms with van der Waals surface area (Å²) in [4.78, 5) is 14.6. The zero-order valence-electron chi connectivity index (χ0n) is 11.2. The number of benzene rings is 1. The lowest BCUT2D eigenvalue weighted by Crippen LogP contribution is -2.11. The summed E-state index contributed by atoms with van der Waals surface area (Å²) < 4.78 is 1.54. The van der Waals surface area contributed by atoms with Gasteiger partial charge in [-0.1, -0.05) is 0 Å². The molecule has 1 aromatic carbocycles. The molecule has 21 heavy (non-hydrogen) atoms. The smallest absolute Gasteiger partial charge is 0.265 e. The molecule has 110 valence electrons. The molecule has 3 nitrogen and oxygen atoms in total. The van der Waals surface area contributed by atoms with Gasteiger partial charge >= 0.3 is 0 Å². The van der Waals surface area contributed by atoms with Crippen LogP contribution in [0.2, 0.25) is 0 Å². The Labute approximate surface area is 144 Å². The number of aryl methyl sites for hydroxylation is 2. The molecule has 0 aliphatic heterocycles. The van der Waals surface area contributed by atoms with Crippen molar-refractivity contribution in [1.82, 2.24) is 0 Å². The zero-order chi connectivity index (χ0) is 15.0. The molecule has 3 rings (SSSR count). The second-order valence-electron chi connectivity index (χ2n) is 5.08. The molecule has 6 heteroatoms. The lowest BCUT2D eigenvalue weighted by molar-refractivity contribution is 0.103. The fourth-order valence-electron chi connectivity index (χ4n) is 2.49. The minimum Gasteiger partial charge on any atom is -0.399 e. The summed E-state index contributed by atoms with van der Waals surface area (Å²) in [6, 6.07) is 5.59. The zero-order valence-corrected chi connectivity index (χ0v) is 15.2. The Morgan fingerprint density at radius 1 is 1.14 bits per heavy atom. The maximum absolute atomic E-state index is 12.4. The fraction of sp³-hybridized carbons (Fsp3) is 0.267. The molecule has 0 unspecified atom stereocenters. The van der Waals surface area contributed by atoms with Crippen LogP contribution in [0.5, 0.6) is 0 Å². The van der Waals surface area contributed by atoms with Gasteiger partial charge in [0.15, 0.2) is 0 Å². The Balaban J connectivity index is 1.85. The van der Waals surface area contributed by atoms with Crippen LogP contribution in [0.3, 0.4) is 0 Å². The van der Waals surface area contributed by atoms with Crippen molar-refractivity contribution in [3.8, 4) is 0 Å². The number of thiophene rings is 1. The quantitative estimate of drug-likeness (QED) is 0.661. The molecule has 2 aromatic rings. The van der Waals surface area contributed by atoms with E-state index < -0.39 is 0 Å². The van der Waals surface area contributed by atoms with Gasteiger partial charge < -0.3 is 11.1 Å². The first kappa shape index (κ1) is 15.1. The molecule has 1 heterocycles. The molecule has 0 fully saturated rings. The van der Waals surface area contributed by atoms with E-state index in [2.05, 4.69) is 37.2 Å². The maximum atomic E-state index is 12.4. The van der Waals surface area contributed by atoms with E-state index >= 15 is 0 Å². The molecule has 0 spiro atoms. The van der Waals surface area contributed by atoms with Gasteiger partial charge in [-0.25, -0.2) is 0 Å². The van der Waals surface area contributed by atoms with E-state index in [9.17, 15) is 4.79 Å². The van der Waals surface area contributed by atoms with Crippen LogP contribution in [0, 0.1) is 0 Å². The number of carbonyl (C=O) groups excluding carboxylic acids is 1. The summed E-state index contributed by atoms with van der Waals surface area (Å²) in [7, 11) is 0. The third kappa shape index (κ3) is 3.17. The summed E-state index contributed by atoms with van der Waals surface area (Å²) in [5.41, 5.74) is 8.45. The SMILES string of the molecule is Nc1cc(Br)c(NC(=O)c2cc3c(s2)CCCC3)c(Br)c1. The van der Waals surface area contributed by atoms with Crippen LogP contribution in [-0.2, 0) is 12.8 Å². The van der Waals surface area contributed by atoms with E-state index in [-0.39, 0.29) is 5.91 Å². The minimum atomic E-state index is -0.0689. The van der Waals surface area contributed by atoms with Crippen molar-refractivity contribution in [3.63, 3.8) is 0 Å². The summed E-state index contributed by atoms with van der Waals surface area (Å²) in [6.45, 7) is 0. The molecule has 1 aromatic heterocycles. The number of nitrogens with one attached hydrogen (secondary N) is 1. The lowest BCUT2D eigenvalue weighted by atomic mass is 9.99. The van der Waals surface area contributed by atoms with E-state index in [1.807, 2.05) is 6.07 Å². The number of amides is 1. The van der Waals surface area contributed by atoms with Gasteiger partial charge in [0.2, 0.25) is 0 Å². The standard InChI is InChI=1S/C15H14Br2N2OS/c16-10-6-9(18)7-11(17)14(10)19-15(20)13-5-8-3-1-2-4-12(8)21-13/h5-7H,1-4,18H2,(H,19,20). The monoisotopic (exact) mass is 428 g/mol. The first-order chi connectivity index (χ1) is 10.0. The highest BCUT2D eigenvalue weighted by atomic mass is 79.9. The van der Waals surface area contributed by atoms with Gasteiger partial charge in [-0.3, -0.25) is 4.79 Å². The number of anilines is 2. The van der Waals surface area contributed by atoms with Crippen molar-refractivity contribution >= 4 is 60.5 Å². The highest BCUT2D eigenvalue weighted by Gasteiger charge is 2.18. The second-order valence-corrected chi connectivity index (χ2v) is 7.93. The Bertz CT molecular complexity index is 665. The summed E-state index contributed by atoms with van der Waals surface area (Å²) in [5.74, 6) is -0.0689. The minimum absolute atomic E-state index is 0.0689. The van der Waals surface area contributed by atoms with Gasteiger partial charge in [-0.15, -0.1) is 11.3 Å². The Morgan fingerprint density at radius 2 is 1.81 bits per heavy atom. The summed E-state index contributed by atoms with van der Waals surface area (Å²) in [5, 5.41) is 2.95. The summed E-state index contributed by atoms with van der Waals surface area (Å²) in [6.07, 6.45) is 4.64. The van der Waals surface area contributed by atoms with Gasteiger partial charge in [0.25, 0.3) is 5.91 Å². The fourth-order valence-corrected chi connectivity index (χ4v) is 5.06. The summed E-state index contributed by atoms with van der Waals surface area (Å²) >= 11 is 8.48. The number of hydrogen-bond acceptors (Lipinski definition) is 3. The van der Waals surface area contributed by atoms with Crippen LogP contribution in [-0.4, -0.2) is 5.91 Å². The Hall–Kier alpha value is -0.850. The van der Waals surface area contributed by atoms with Gasteiger partial charge in [-0.05, 0) is 81.3 Å². The number of nitrogens with two attached hydrogens (primary N) is 1. The van der Waals surface area contributed by atoms with Crippen molar-refractivity contribution in [3.05, 3.63) is 42.5 Å². The van der Waals surface area contributed by atoms with Gasteiger partial charge in [0, 0.05) is 19.5 Å². The molecule has 0 atom stereocenters. The molecular weight excluding hydrogens is 416 g/mol. The predicted octanol–water partition coefficient (Wildman–Crippen LogP) is 4.99. The Kier molecular flexibility index (Phi) is 4.38. The normalized spacial score (nSPS) is 13.8. The first-order valence-corrected chi connectivity index (χ1v) is 9.12. The van der Waals surface area contributed by atoms with Crippen molar-refractivity contribution in [2.24, 2.45) is 0 Å². The molecule has 0 saturated heterocycles. The van der Waals surface area contributed by atoms with E-state index in [1.165, 1.54) is 23.3 Å². The molecule has 0 saturated carbocycles. The number of hydrogen-bond donors (Lipinski definition) is 2. The van der Waals surface area contributed by atoms with Crippen molar-refractivity contribution in [2.45, 2.75) is 25.7 Å². The van der Waals surface area contributed by atoms with Crippen LogP contribution in [0.1, 0.15) is 33.0 Å². The van der Waals surface area contributed by atoms with Gasteiger partial charge in [0.1, 0.15) is 0 Å². The molecule has 0 radical (unpaired) electrons. The van der Waals surface area contributed by atoms with Crippen LogP contribution in [0.15, 0.2) is 27.1 Å². The van der Waals surface area contributed by atoms with Crippen LogP contribution >= 0.6 is 43.2 Å². The molecule has 1 aliphatic carbocycles. The number of rotatable bonds is 2. The van der Waals surface area contributed by atoms with Crippen molar-refractivity contribution in [2.75, 3.05) is 11.1 Å². The average molecular weight is 430 g/mol. The highest BCUT2D eigenvalue weighted by molar-refractivity contribution is 9.11. The largest absolute Gasteiger partial charge is 0.399 e. The van der Waals surface area contributed by atoms with Crippen LogP contribution < -0.4 is 11.1 Å². The number of carbonyl (C=O) groups is 1. The molecular formula is C15H14Br2N2OS. The lowest BCUT2D eigenvalue weighted by Gasteiger charge is -2.09. The van der Waals surface area contributed by atoms with Crippen molar-refractivity contribution in [1.29, 1.82) is 0 Å². The first-order valence-electron chi connectivity index (χ1n) is 6.72. The van der Waals surface area contributed by atoms with Gasteiger partial charge in [-0.2, -0.15) is 0 Å². The van der Waals surface area contributed by atoms with E-state index in [0.717, 1.165) is 26.7 Å².